The van der Waals surface area contributed by atoms with E-state index in [0.29, 0.717) is 16.9 Å². The van der Waals surface area contributed by atoms with Crippen LogP contribution in [0.15, 0.2) is 48.5 Å². The first-order valence-corrected chi connectivity index (χ1v) is 6.68. The number of aromatic hydroxyl groups is 1. The van der Waals surface area contributed by atoms with Crippen LogP contribution in [-0.4, -0.2) is 18.0 Å². The molecule has 0 bridgehead atoms. The van der Waals surface area contributed by atoms with Crippen molar-refractivity contribution in [3.8, 4) is 22.6 Å². The molecule has 0 aromatic heterocycles. The molecule has 0 unspecified atom stereocenters. The third-order valence-electron chi connectivity index (χ3n) is 4.01. The molecule has 0 fully saturated rings. The topological polar surface area (TPSA) is 46.5 Å². The summed E-state index contributed by atoms with van der Waals surface area (Å²) >= 11 is 0. The fourth-order valence-corrected chi connectivity index (χ4v) is 3.03. The highest BCUT2D eigenvalue weighted by molar-refractivity contribution is 6.26. The first-order chi connectivity index (χ1) is 10.2. The van der Waals surface area contributed by atoms with Crippen LogP contribution in [0.25, 0.3) is 21.9 Å². The van der Waals surface area contributed by atoms with E-state index in [0.717, 1.165) is 21.9 Å². The van der Waals surface area contributed by atoms with Crippen molar-refractivity contribution in [2.45, 2.75) is 0 Å². The summed E-state index contributed by atoms with van der Waals surface area (Å²) in [5, 5.41) is 11.8. The van der Waals surface area contributed by atoms with Crippen molar-refractivity contribution in [3.63, 3.8) is 0 Å². The highest BCUT2D eigenvalue weighted by Gasteiger charge is 2.29. The molecule has 3 nitrogen and oxygen atoms in total. The lowest BCUT2D eigenvalue weighted by Crippen LogP contribution is -1.95. The summed E-state index contributed by atoms with van der Waals surface area (Å²) in [4.78, 5) is 12.6. The summed E-state index contributed by atoms with van der Waals surface area (Å²) < 4.78 is 5.20. The summed E-state index contributed by atoms with van der Waals surface area (Å²) in [6, 6.07) is 14.6. The van der Waals surface area contributed by atoms with Gasteiger partial charge in [0.1, 0.15) is 11.5 Å². The number of ketones is 1. The summed E-state index contributed by atoms with van der Waals surface area (Å²) in [5.41, 5.74) is 2.97. The van der Waals surface area contributed by atoms with Crippen LogP contribution in [0.3, 0.4) is 0 Å². The smallest absolute Gasteiger partial charge is 0.194 e. The van der Waals surface area contributed by atoms with Crippen LogP contribution < -0.4 is 4.74 Å². The minimum Gasteiger partial charge on any atom is -0.507 e. The number of carbonyl (C=O) groups excluding carboxylic acids is 1. The first-order valence-electron chi connectivity index (χ1n) is 6.68. The SMILES string of the molecule is COc1ccc2c(c1)C(=O)c1cc(O)c3ccccc3c1-2. The lowest BCUT2D eigenvalue weighted by atomic mass is 9.97. The Bertz CT molecular complexity index is 910. The molecule has 0 atom stereocenters. The molecular formula is C18H12O3. The number of ether oxygens (including phenoxy) is 1. The summed E-state index contributed by atoms with van der Waals surface area (Å²) in [7, 11) is 1.58. The van der Waals surface area contributed by atoms with Gasteiger partial charge in [0.05, 0.1) is 7.11 Å². The van der Waals surface area contributed by atoms with Crippen LogP contribution in [-0.2, 0) is 0 Å². The predicted octanol–water partition coefficient (Wildman–Crippen LogP) is 3.77. The molecule has 0 aliphatic heterocycles. The van der Waals surface area contributed by atoms with E-state index in [-0.39, 0.29) is 11.5 Å². The number of hydrogen-bond donors (Lipinski definition) is 1. The number of phenols is 1. The fourth-order valence-electron chi connectivity index (χ4n) is 3.03. The summed E-state index contributed by atoms with van der Waals surface area (Å²) in [6.45, 7) is 0. The highest BCUT2D eigenvalue weighted by Crippen LogP contribution is 2.45. The van der Waals surface area contributed by atoms with Crippen molar-refractivity contribution in [2.24, 2.45) is 0 Å². The molecule has 0 amide bonds. The predicted molar refractivity (Wildman–Crippen MR) is 81.0 cm³/mol. The van der Waals surface area contributed by atoms with Gasteiger partial charge in [-0.25, -0.2) is 0 Å². The Labute approximate surface area is 121 Å². The molecule has 0 spiro atoms. The number of methoxy groups -OCH3 is 1. The van der Waals surface area contributed by atoms with Gasteiger partial charge in [0.25, 0.3) is 0 Å². The Kier molecular flexibility index (Phi) is 2.33. The molecule has 1 aliphatic rings. The monoisotopic (exact) mass is 276 g/mol. The number of benzene rings is 3. The average Bonchev–Trinajstić information content (AvgIpc) is 2.80. The van der Waals surface area contributed by atoms with Gasteiger partial charge in [-0.15, -0.1) is 0 Å². The van der Waals surface area contributed by atoms with Gasteiger partial charge in [0.2, 0.25) is 0 Å². The van der Waals surface area contributed by atoms with Crippen LogP contribution in [0.2, 0.25) is 0 Å². The molecule has 4 rings (SSSR count). The molecule has 102 valence electrons. The van der Waals surface area contributed by atoms with Crippen molar-refractivity contribution in [1.82, 2.24) is 0 Å². The maximum atomic E-state index is 12.6. The van der Waals surface area contributed by atoms with Crippen LogP contribution in [0, 0.1) is 0 Å². The molecule has 0 heterocycles. The van der Waals surface area contributed by atoms with Crippen LogP contribution in [0.4, 0.5) is 0 Å². The van der Waals surface area contributed by atoms with E-state index in [9.17, 15) is 9.90 Å². The van der Waals surface area contributed by atoms with E-state index in [1.807, 2.05) is 36.4 Å². The molecule has 1 aliphatic carbocycles. The van der Waals surface area contributed by atoms with Gasteiger partial charge in [-0.3, -0.25) is 4.79 Å². The average molecular weight is 276 g/mol. The molecule has 1 N–H and O–H groups in total. The molecule has 0 radical (unpaired) electrons. The Morgan fingerprint density at radius 2 is 1.67 bits per heavy atom. The van der Waals surface area contributed by atoms with Crippen LogP contribution in [0.5, 0.6) is 11.5 Å². The van der Waals surface area contributed by atoms with Crippen molar-refractivity contribution < 1.29 is 14.6 Å². The van der Waals surface area contributed by atoms with Gasteiger partial charge in [-0.2, -0.15) is 0 Å². The van der Waals surface area contributed by atoms with Gasteiger partial charge in [-0.05, 0) is 35.2 Å². The standard InChI is InChI=1S/C18H12O3/c1-21-10-6-7-13-14(8-10)18(20)15-9-16(19)11-4-2-3-5-12(11)17(13)15/h2-9,19H,1H3. The van der Waals surface area contributed by atoms with Crippen molar-refractivity contribution in [1.29, 1.82) is 0 Å². The second-order valence-corrected chi connectivity index (χ2v) is 5.10. The van der Waals surface area contributed by atoms with Gasteiger partial charge < -0.3 is 9.84 Å². The van der Waals surface area contributed by atoms with Crippen molar-refractivity contribution >= 4 is 16.6 Å². The van der Waals surface area contributed by atoms with Gasteiger partial charge >= 0.3 is 0 Å². The number of phenolic OH excluding ortho intramolecular Hbond substituents is 1. The normalized spacial score (nSPS) is 12.3. The Balaban J connectivity index is 2.14. The van der Waals surface area contributed by atoms with Gasteiger partial charge in [-0.1, -0.05) is 24.3 Å². The number of fused-ring (bicyclic) bond motifs is 5. The van der Waals surface area contributed by atoms with E-state index in [1.54, 1.807) is 19.2 Å². The first kappa shape index (κ1) is 12.0. The highest BCUT2D eigenvalue weighted by atomic mass is 16.5. The molecular weight excluding hydrogens is 264 g/mol. The van der Waals surface area contributed by atoms with E-state index < -0.39 is 0 Å². The Morgan fingerprint density at radius 1 is 0.905 bits per heavy atom. The second kappa shape index (κ2) is 4.09. The quantitative estimate of drug-likeness (QED) is 0.575. The lowest BCUT2D eigenvalue weighted by Gasteiger charge is -2.08. The molecule has 3 aromatic rings. The number of hydrogen-bond acceptors (Lipinski definition) is 3. The molecule has 3 heteroatoms. The zero-order valence-corrected chi connectivity index (χ0v) is 11.4. The molecule has 0 saturated heterocycles. The molecule has 3 aromatic carbocycles. The fraction of sp³-hybridized carbons (Fsp3) is 0.0556. The second-order valence-electron chi connectivity index (χ2n) is 5.10. The summed E-state index contributed by atoms with van der Waals surface area (Å²) in [6.07, 6.45) is 0. The number of rotatable bonds is 1. The minimum absolute atomic E-state index is 0.0695. The van der Waals surface area contributed by atoms with E-state index >= 15 is 0 Å². The van der Waals surface area contributed by atoms with Crippen LogP contribution >= 0.6 is 0 Å². The third kappa shape index (κ3) is 1.51. The zero-order valence-electron chi connectivity index (χ0n) is 11.4. The maximum Gasteiger partial charge on any atom is 0.194 e. The zero-order chi connectivity index (χ0) is 14.6. The number of carbonyl (C=O) groups is 1. The molecule has 21 heavy (non-hydrogen) atoms. The molecule has 0 saturated carbocycles. The van der Waals surface area contributed by atoms with Gasteiger partial charge in [0, 0.05) is 22.1 Å². The van der Waals surface area contributed by atoms with Crippen molar-refractivity contribution in [2.75, 3.05) is 7.11 Å². The third-order valence-corrected chi connectivity index (χ3v) is 4.01. The summed E-state index contributed by atoms with van der Waals surface area (Å²) in [5.74, 6) is 0.723. The van der Waals surface area contributed by atoms with Crippen LogP contribution in [0.1, 0.15) is 15.9 Å². The minimum atomic E-state index is -0.0695. The van der Waals surface area contributed by atoms with E-state index in [1.165, 1.54) is 0 Å². The Morgan fingerprint density at radius 3 is 2.43 bits per heavy atom. The largest absolute Gasteiger partial charge is 0.507 e. The van der Waals surface area contributed by atoms with E-state index in [2.05, 4.69) is 0 Å². The van der Waals surface area contributed by atoms with E-state index in [4.69, 9.17) is 4.74 Å². The Hall–Kier alpha value is -2.81. The van der Waals surface area contributed by atoms with Gasteiger partial charge in [0.15, 0.2) is 5.78 Å². The lowest BCUT2D eigenvalue weighted by molar-refractivity contribution is 0.104. The maximum absolute atomic E-state index is 12.6. The van der Waals surface area contributed by atoms with Crippen molar-refractivity contribution in [3.05, 3.63) is 59.7 Å².